The van der Waals surface area contributed by atoms with Crippen LogP contribution in [0.2, 0.25) is 0 Å². The fraction of sp³-hybridized carbons (Fsp3) is 1.00. The lowest BCUT2D eigenvalue weighted by Crippen LogP contribution is -3.12. The van der Waals surface area contributed by atoms with E-state index in [0.717, 1.165) is 19.6 Å². The van der Waals surface area contributed by atoms with E-state index in [1.54, 1.807) is 0 Å². The Balaban J connectivity index is 3.44. The molecule has 0 bridgehead atoms. The Morgan fingerprint density at radius 1 is 1.25 bits per heavy atom. The Labute approximate surface area is 75.3 Å². The summed E-state index contributed by atoms with van der Waals surface area (Å²) in [5, 5.41) is 9.47. The molecule has 1 atom stereocenters. The van der Waals surface area contributed by atoms with Crippen molar-refractivity contribution in [2.75, 3.05) is 32.8 Å². The minimum Gasteiger partial charge on any atom is -0.385 e. The molecule has 0 amide bonds. The number of hydrogen-bond acceptors (Lipinski definition) is 2. The summed E-state index contributed by atoms with van der Waals surface area (Å²) in [6.07, 6.45) is -0.306. The number of quaternary nitrogens is 1. The molecule has 0 radical (unpaired) electrons. The number of ether oxygens (including phenoxy) is 1. The van der Waals surface area contributed by atoms with E-state index in [1.807, 2.05) is 6.92 Å². The summed E-state index contributed by atoms with van der Waals surface area (Å²) in [6.45, 7) is 10.3. The lowest BCUT2D eigenvalue weighted by atomic mass is 10.3. The van der Waals surface area contributed by atoms with Gasteiger partial charge in [0.25, 0.3) is 0 Å². The van der Waals surface area contributed by atoms with Crippen LogP contribution >= 0.6 is 0 Å². The van der Waals surface area contributed by atoms with Gasteiger partial charge in [0.1, 0.15) is 12.6 Å². The highest BCUT2D eigenvalue weighted by Gasteiger charge is 2.10. The first-order valence-electron chi connectivity index (χ1n) is 4.83. The molecule has 0 aliphatic rings. The van der Waals surface area contributed by atoms with Gasteiger partial charge in [-0.3, -0.25) is 0 Å². The second-order valence-electron chi connectivity index (χ2n) is 2.97. The highest BCUT2D eigenvalue weighted by atomic mass is 16.5. The molecule has 0 fully saturated rings. The van der Waals surface area contributed by atoms with E-state index < -0.39 is 0 Å². The van der Waals surface area contributed by atoms with Crippen molar-refractivity contribution in [3.05, 3.63) is 0 Å². The lowest BCUT2D eigenvalue weighted by molar-refractivity contribution is -0.899. The summed E-state index contributed by atoms with van der Waals surface area (Å²) in [5.41, 5.74) is 0. The second-order valence-corrected chi connectivity index (χ2v) is 2.97. The quantitative estimate of drug-likeness (QED) is 0.538. The maximum atomic E-state index is 9.47. The van der Waals surface area contributed by atoms with Gasteiger partial charge in [-0.25, -0.2) is 0 Å². The Morgan fingerprint density at radius 2 is 1.83 bits per heavy atom. The third kappa shape index (κ3) is 5.52. The van der Waals surface area contributed by atoms with E-state index >= 15 is 0 Å². The van der Waals surface area contributed by atoms with Gasteiger partial charge in [-0.1, -0.05) is 0 Å². The number of hydrogen-bond donors (Lipinski definition) is 2. The largest absolute Gasteiger partial charge is 0.385 e. The summed E-state index contributed by atoms with van der Waals surface area (Å²) in [6, 6.07) is 0. The first kappa shape index (κ1) is 11.9. The van der Waals surface area contributed by atoms with Gasteiger partial charge in [-0.2, -0.15) is 0 Å². The molecule has 2 N–H and O–H groups in total. The van der Waals surface area contributed by atoms with Crippen LogP contribution in [0.5, 0.6) is 0 Å². The van der Waals surface area contributed by atoms with Crippen LogP contribution in [0, 0.1) is 0 Å². The molecule has 74 valence electrons. The number of aliphatic hydroxyl groups excluding tert-OH is 1. The van der Waals surface area contributed by atoms with E-state index in [1.165, 1.54) is 4.90 Å². The van der Waals surface area contributed by atoms with E-state index in [-0.39, 0.29) is 6.10 Å². The van der Waals surface area contributed by atoms with Crippen molar-refractivity contribution in [1.82, 2.24) is 0 Å². The predicted octanol–water partition coefficient (Wildman–Crippen LogP) is -0.691. The molecule has 12 heavy (non-hydrogen) atoms. The Kier molecular flexibility index (Phi) is 7.45. The first-order chi connectivity index (χ1) is 5.74. The second kappa shape index (κ2) is 7.53. The molecule has 0 aromatic rings. The smallest absolute Gasteiger partial charge is 0.126 e. The van der Waals surface area contributed by atoms with E-state index in [4.69, 9.17) is 4.74 Å². The molecule has 0 unspecified atom stereocenters. The van der Waals surface area contributed by atoms with Crippen LogP contribution < -0.4 is 4.90 Å². The SMILES string of the molecule is CCOC[C@@H](O)C[NH+](CC)CC. The maximum Gasteiger partial charge on any atom is 0.126 e. The van der Waals surface area contributed by atoms with Gasteiger partial charge < -0.3 is 14.7 Å². The molecule has 0 aliphatic carbocycles. The highest BCUT2D eigenvalue weighted by Crippen LogP contribution is 1.80. The minimum atomic E-state index is -0.306. The molecule has 0 aromatic carbocycles. The molecule has 0 rings (SSSR count). The Hall–Kier alpha value is -0.120. The fourth-order valence-corrected chi connectivity index (χ4v) is 1.18. The molecule has 0 heterocycles. The van der Waals surface area contributed by atoms with E-state index in [2.05, 4.69) is 13.8 Å². The molecule has 0 saturated heterocycles. The summed E-state index contributed by atoms with van der Waals surface area (Å²) in [5.74, 6) is 0. The zero-order valence-electron chi connectivity index (χ0n) is 8.47. The zero-order chi connectivity index (χ0) is 9.40. The molecule has 0 aromatic heterocycles. The molecule has 3 heteroatoms. The zero-order valence-corrected chi connectivity index (χ0v) is 8.47. The Bertz CT molecular complexity index is 94.5. The van der Waals surface area contributed by atoms with Gasteiger partial charge in [-0.15, -0.1) is 0 Å². The van der Waals surface area contributed by atoms with Crippen molar-refractivity contribution in [1.29, 1.82) is 0 Å². The monoisotopic (exact) mass is 176 g/mol. The van der Waals surface area contributed by atoms with Crippen molar-refractivity contribution >= 4 is 0 Å². The first-order valence-corrected chi connectivity index (χ1v) is 4.83. The maximum absolute atomic E-state index is 9.47. The van der Waals surface area contributed by atoms with Crippen molar-refractivity contribution < 1.29 is 14.7 Å². The topological polar surface area (TPSA) is 33.9 Å². The molecule has 0 saturated carbocycles. The average molecular weight is 176 g/mol. The van der Waals surface area contributed by atoms with Crippen LogP contribution in [0.1, 0.15) is 20.8 Å². The van der Waals surface area contributed by atoms with Crippen molar-refractivity contribution in [2.24, 2.45) is 0 Å². The van der Waals surface area contributed by atoms with Crippen molar-refractivity contribution in [3.8, 4) is 0 Å². The van der Waals surface area contributed by atoms with Crippen LogP contribution in [0.25, 0.3) is 0 Å². The van der Waals surface area contributed by atoms with E-state index in [9.17, 15) is 5.11 Å². The minimum absolute atomic E-state index is 0.306. The average Bonchev–Trinajstić information content (AvgIpc) is 2.10. The predicted molar refractivity (Wildman–Crippen MR) is 49.4 cm³/mol. The molecular formula is C9H22NO2+. The number of rotatable bonds is 7. The van der Waals surface area contributed by atoms with E-state index in [0.29, 0.717) is 13.2 Å². The van der Waals surface area contributed by atoms with Gasteiger partial charge in [0.05, 0.1) is 19.7 Å². The molecule has 3 nitrogen and oxygen atoms in total. The highest BCUT2D eigenvalue weighted by molar-refractivity contribution is 4.48. The summed E-state index contributed by atoms with van der Waals surface area (Å²) >= 11 is 0. The van der Waals surface area contributed by atoms with Gasteiger partial charge in [0, 0.05) is 6.61 Å². The molecule has 0 aliphatic heterocycles. The van der Waals surface area contributed by atoms with Crippen LogP contribution in [0.15, 0.2) is 0 Å². The van der Waals surface area contributed by atoms with Gasteiger partial charge >= 0.3 is 0 Å². The van der Waals surface area contributed by atoms with Crippen LogP contribution in [-0.2, 0) is 4.74 Å². The summed E-state index contributed by atoms with van der Waals surface area (Å²) < 4.78 is 5.12. The van der Waals surface area contributed by atoms with Crippen LogP contribution in [-0.4, -0.2) is 44.1 Å². The van der Waals surface area contributed by atoms with Gasteiger partial charge in [0.2, 0.25) is 0 Å². The summed E-state index contributed by atoms with van der Waals surface area (Å²) in [7, 11) is 0. The summed E-state index contributed by atoms with van der Waals surface area (Å²) in [4.78, 5) is 1.42. The number of likely N-dealkylation sites (N-methyl/N-ethyl adjacent to an activating group) is 1. The third-order valence-electron chi connectivity index (χ3n) is 2.04. The molecule has 0 spiro atoms. The number of aliphatic hydroxyl groups is 1. The normalized spacial score (nSPS) is 13.8. The fourth-order valence-electron chi connectivity index (χ4n) is 1.18. The standard InChI is InChI=1S/C9H21NO2/c1-4-10(5-2)7-9(11)8-12-6-3/h9,11H,4-8H2,1-3H3/p+1/t9-/m0/s1. The van der Waals surface area contributed by atoms with Crippen molar-refractivity contribution in [3.63, 3.8) is 0 Å². The van der Waals surface area contributed by atoms with Gasteiger partial charge in [-0.05, 0) is 20.8 Å². The van der Waals surface area contributed by atoms with Gasteiger partial charge in [0.15, 0.2) is 0 Å². The lowest BCUT2D eigenvalue weighted by Gasteiger charge is -2.18. The third-order valence-corrected chi connectivity index (χ3v) is 2.04. The Morgan fingerprint density at radius 3 is 2.25 bits per heavy atom. The molecular weight excluding hydrogens is 154 g/mol. The van der Waals surface area contributed by atoms with Crippen LogP contribution in [0.4, 0.5) is 0 Å². The van der Waals surface area contributed by atoms with Crippen LogP contribution in [0.3, 0.4) is 0 Å². The number of nitrogens with one attached hydrogen (secondary N) is 1. The van der Waals surface area contributed by atoms with Crippen molar-refractivity contribution in [2.45, 2.75) is 26.9 Å².